The molecule has 4 aromatic rings. The number of furan rings is 1. The van der Waals surface area contributed by atoms with Gasteiger partial charge in [0.05, 0.1) is 22.2 Å². The Bertz CT molecular complexity index is 1190. The number of benzene rings is 2. The molecular weight excluding hydrogens is 367 g/mol. The van der Waals surface area contributed by atoms with Crippen LogP contribution in [0.15, 0.2) is 65.1 Å². The summed E-state index contributed by atoms with van der Waals surface area (Å²) in [5, 5.41) is 9.47. The van der Waals surface area contributed by atoms with E-state index in [9.17, 15) is 18.4 Å². The molecule has 2 heterocycles. The number of rotatable bonds is 3. The molecule has 1 N–H and O–H groups in total. The minimum absolute atomic E-state index is 0.251. The molecule has 0 aliphatic rings. The van der Waals surface area contributed by atoms with Crippen molar-refractivity contribution < 1.29 is 17.6 Å². The molecule has 0 saturated heterocycles. The van der Waals surface area contributed by atoms with Gasteiger partial charge in [0, 0.05) is 11.6 Å². The summed E-state index contributed by atoms with van der Waals surface area (Å²) in [6.07, 6.45) is -2.94. The monoisotopic (exact) mass is 379 g/mol. The molecule has 4 rings (SSSR count). The van der Waals surface area contributed by atoms with Gasteiger partial charge >= 0.3 is 6.18 Å². The van der Waals surface area contributed by atoms with E-state index in [1.54, 1.807) is 12.1 Å². The lowest BCUT2D eigenvalue weighted by atomic mass is 10.1. The van der Waals surface area contributed by atoms with Crippen molar-refractivity contribution >= 4 is 22.7 Å². The van der Waals surface area contributed by atoms with E-state index in [0.717, 1.165) is 23.2 Å². The van der Waals surface area contributed by atoms with Crippen LogP contribution in [-0.2, 0) is 6.18 Å². The molecule has 28 heavy (non-hydrogen) atoms. The summed E-state index contributed by atoms with van der Waals surface area (Å²) in [4.78, 5) is 7.43. The number of nitriles is 1. The first-order valence-corrected chi connectivity index (χ1v) is 8.28. The van der Waals surface area contributed by atoms with Crippen molar-refractivity contribution in [2.45, 2.75) is 6.18 Å². The number of hydrogen-bond acceptors (Lipinski definition) is 3. The molecular formula is C21H12F3N3O. The third-order valence-corrected chi connectivity index (χ3v) is 4.15. The molecule has 0 bridgehead atoms. The van der Waals surface area contributed by atoms with E-state index in [4.69, 9.17) is 4.42 Å². The first-order valence-electron chi connectivity index (χ1n) is 8.28. The largest absolute Gasteiger partial charge is 0.457 e. The van der Waals surface area contributed by atoms with E-state index >= 15 is 0 Å². The second kappa shape index (κ2) is 6.74. The minimum atomic E-state index is -4.43. The highest BCUT2D eigenvalue weighted by Crippen LogP contribution is 2.33. The smallest absolute Gasteiger partial charge is 0.416 e. The van der Waals surface area contributed by atoms with Gasteiger partial charge in [-0.25, -0.2) is 4.98 Å². The van der Waals surface area contributed by atoms with Crippen LogP contribution in [0, 0.1) is 11.3 Å². The highest BCUT2D eigenvalue weighted by molar-refractivity contribution is 5.89. The molecule has 0 unspecified atom stereocenters. The van der Waals surface area contributed by atoms with Gasteiger partial charge in [0.15, 0.2) is 0 Å². The number of alkyl halides is 3. The molecule has 4 nitrogen and oxygen atoms in total. The highest BCUT2D eigenvalue weighted by atomic mass is 19.4. The molecule has 0 radical (unpaired) electrons. The summed E-state index contributed by atoms with van der Waals surface area (Å²) in [6.45, 7) is 0. The van der Waals surface area contributed by atoms with Gasteiger partial charge in [0.25, 0.3) is 0 Å². The molecule has 0 fully saturated rings. The fourth-order valence-corrected chi connectivity index (χ4v) is 2.81. The Balaban J connectivity index is 1.68. The van der Waals surface area contributed by atoms with Crippen LogP contribution in [-0.4, -0.2) is 9.97 Å². The number of allylic oxidation sites excluding steroid dienone is 1. The van der Waals surface area contributed by atoms with E-state index in [1.165, 1.54) is 18.2 Å². The molecule has 0 aliphatic carbocycles. The number of nitrogens with zero attached hydrogens (tertiary/aromatic N) is 2. The number of fused-ring (bicyclic) bond motifs is 1. The van der Waals surface area contributed by atoms with Gasteiger partial charge in [0.1, 0.15) is 23.4 Å². The van der Waals surface area contributed by atoms with Crippen molar-refractivity contribution in [3.8, 4) is 17.4 Å². The summed E-state index contributed by atoms with van der Waals surface area (Å²) in [5.74, 6) is 1.00. The number of aromatic nitrogens is 2. The number of halogens is 3. The Morgan fingerprint density at radius 2 is 1.89 bits per heavy atom. The van der Waals surface area contributed by atoms with E-state index < -0.39 is 11.7 Å². The number of aromatic amines is 1. The van der Waals surface area contributed by atoms with Gasteiger partial charge < -0.3 is 9.40 Å². The van der Waals surface area contributed by atoms with Gasteiger partial charge in [-0.15, -0.1) is 0 Å². The lowest BCUT2D eigenvalue weighted by Gasteiger charge is -2.07. The van der Waals surface area contributed by atoms with Crippen molar-refractivity contribution in [2.24, 2.45) is 0 Å². The number of nitrogens with one attached hydrogen (secondary N) is 1. The van der Waals surface area contributed by atoms with Crippen LogP contribution in [0.5, 0.6) is 0 Å². The normalized spacial score (nSPS) is 12.3. The summed E-state index contributed by atoms with van der Waals surface area (Å²) >= 11 is 0. The Kier molecular flexibility index (Phi) is 4.24. The Morgan fingerprint density at radius 1 is 1.07 bits per heavy atom. The predicted octanol–water partition coefficient (Wildman–Crippen LogP) is 5.91. The Labute approximate surface area is 157 Å². The number of imidazole rings is 1. The average Bonchev–Trinajstić information content (AvgIpc) is 3.32. The van der Waals surface area contributed by atoms with Crippen LogP contribution in [0.25, 0.3) is 34.0 Å². The van der Waals surface area contributed by atoms with Crippen molar-refractivity contribution in [1.29, 1.82) is 5.26 Å². The van der Waals surface area contributed by atoms with Crippen molar-refractivity contribution in [3.05, 3.63) is 77.8 Å². The third-order valence-electron chi connectivity index (χ3n) is 4.15. The van der Waals surface area contributed by atoms with Crippen LogP contribution in [0.1, 0.15) is 17.1 Å². The molecule has 2 aromatic heterocycles. The maximum Gasteiger partial charge on any atom is 0.416 e. The maximum absolute atomic E-state index is 12.9. The standard InChI is InChI=1S/C21H12F3N3O/c22-21(23,24)15-5-3-4-13(10-15)19-9-8-16(28-19)11-14(12-25)20-26-17-6-1-2-7-18(17)27-20/h1-11H,(H,26,27)/b14-11+. The number of para-hydroxylation sites is 2. The summed E-state index contributed by atoms with van der Waals surface area (Å²) in [5.41, 5.74) is 1.32. The summed E-state index contributed by atoms with van der Waals surface area (Å²) < 4.78 is 44.3. The van der Waals surface area contributed by atoms with Crippen LogP contribution < -0.4 is 0 Å². The van der Waals surface area contributed by atoms with Gasteiger partial charge in [-0.3, -0.25) is 0 Å². The zero-order chi connectivity index (χ0) is 19.7. The molecule has 0 spiro atoms. The van der Waals surface area contributed by atoms with E-state index in [1.807, 2.05) is 24.3 Å². The zero-order valence-electron chi connectivity index (χ0n) is 14.3. The first kappa shape index (κ1) is 17.6. The lowest BCUT2D eigenvalue weighted by molar-refractivity contribution is -0.137. The molecule has 0 saturated carbocycles. The molecule has 0 aliphatic heterocycles. The molecule has 138 valence electrons. The molecule has 7 heteroatoms. The summed E-state index contributed by atoms with van der Waals surface area (Å²) in [6, 6.07) is 17.5. The van der Waals surface area contributed by atoms with Crippen LogP contribution in [0.4, 0.5) is 13.2 Å². The first-order chi connectivity index (χ1) is 13.4. The van der Waals surface area contributed by atoms with E-state index in [-0.39, 0.29) is 11.3 Å². The Morgan fingerprint density at radius 3 is 2.64 bits per heavy atom. The SMILES string of the molecule is N#C/C(=C\c1ccc(-c2cccc(C(F)(F)F)c2)o1)c1nc2ccccc2[nH]1. The minimum Gasteiger partial charge on any atom is -0.457 e. The van der Waals surface area contributed by atoms with Crippen LogP contribution in [0.2, 0.25) is 0 Å². The van der Waals surface area contributed by atoms with Crippen LogP contribution >= 0.6 is 0 Å². The fraction of sp³-hybridized carbons (Fsp3) is 0.0476. The maximum atomic E-state index is 12.9. The van der Waals surface area contributed by atoms with Crippen molar-refractivity contribution in [1.82, 2.24) is 9.97 Å². The van der Waals surface area contributed by atoms with Crippen LogP contribution in [0.3, 0.4) is 0 Å². The topological polar surface area (TPSA) is 65.6 Å². The lowest BCUT2D eigenvalue weighted by Crippen LogP contribution is -2.04. The second-order valence-corrected chi connectivity index (χ2v) is 6.05. The predicted molar refractivity (Wildman–Crippen MR) is 98.7 cm³/mol. The zero-order valence-corrected chi connectivity index (χ0v) is 14.3. The van der Waals surface area contributed by atoms with Gasteiger partial charge in [-0.1, -0.05) is 24.3 Å². The second-order valence-electron chi connectivity index (χ2n) is 6.05. The van der Waals surface area contributed by atoms with Gasteiger partial charge in [0.2, 0.25) is 0 Å². The van der Waals surface area contributed by atoms with Crippen molar-refractivity contribution in [2.75, 3.05) is 0 Å². The van der Waals surface area contributed by atoms with Crippen molar-refractivity contribution in [3.63, 3.8) is 0 Å². The van der Waals surface area contributed by atoms with E-state index in [0.29, 0.717) is 17.1 Å². The Hall–Kier alpha value is -3.79. The fourth-order valence-electron chi connectivity index (χ4n) is 2.81. The molecule has 2 aromatic carbocycles. The highest BCUT2D eigenvalue weighted by Gasteiger charge is 2.30. The molecule has 0 atom stereocenters. The third kappa shape index (κ3) is 3.40. The van der Waals surface area contributed by atoms with Gasteiger partial charge in [-0.05, 0) is 36.4 Å². The average molecular weight is 379 g/mol. The molecule has 0 amide bonds. The van der Waals surface area contributed by atoms with E-state index in [2.05, 4.69) is 16.0 Å². The quantitative estimate of drug-likeness (QED) is 0.450. The number of hydrogen-bond donors (Lipinski definition) is 1. The van der Waals surface area contributed by atoms with Gasteiger partial charge in [-0.2, -0.15) is 18.4 Å². The number of H-pyrrole nitrogens is 1. The summed E-state index contributed by atoms with van der Waals surface area (Å²) in [7, 11) is 0.